The molecule has 0 aromatic heterocycles. The number of sulfonamides is 1. The molecule has 0 radical (unpaired) electrons. The van der Waals surface area contributed by atoms with Crippen LogP contribution in [0.5, 0.6) is 5.75 Å². The summed E-state index contributed by atoms with van der Waals surface area (Å²) in [7, 11) is -2.59. The molecule has 0 spiro atoms. The number of hydrogen-bond donors (Lipinski definition) is 2. The molecule has 1 unspecified atom stereocenters. The Hall–Kier alpha value is -1.71. The maximum absolute atomic E-state index is 12.2. The summed E-state index contributed by atoms with van der Waals surface area (Å²) >= 11 is 0. The largest absolute Gasteiger partial charge is 0.490 e. The van der Waals surface area contributed by atoms with Crippen molar-refractivity contribution in [2.45, 2.75) is 30.7 Å². The van der Waals surface area contributed by atoms with E-state index in [4.69, 9.17) is 10.5 Å². The van der Waals surface area contributed by atoms with Crippen LogP contribution in [-0.4, -0.2) is 33.0 Å². The Morgan fingerprint density at radius 1 is 1.48 bits per heavy atom. The zero-order valence-electron chi connectivity index (χ0n) is 11.9. The van der Waals surface area contributed by atoms with E-state index < -0.39 is 26.7 Å². The quantitative estimate of drug-likeness (QED) is 0.544. The van der Waals surface area contributed by atoms with Gasteiger partial charge in [-0.25, -0.2) is 13.1 Å². The van der Waals surface area contributed by atoms with Crippen LogP contribution in [0, 0.1) is 10.1 Å². The summed E-state index contributed by atoms with van der Waals surface area (Å²) in [6.45, 7) is 2.07. The Morgan fingerprint density at radius 3 is 2.62 bits per heavy atom. The highest BCUT2D eigenvalue weighted by Crippen LogP contribution is 2.29. The third-order valence-electron chi connectivity index (χ3n) is 2.90. The van der Waals surface area contributed by atoms with Crippen LogP contribution >= 0.6 is 0 Å². The van der Waals surface area contributed by atoms with E-state index in [2.05, 4.69) is 4.72 Å². The molecule has 0 fully saturated rings. The first-order chi connectivity index (χ1) is 9.85. The summed E-state index contributed by atoms with van der Waals surface area (Å²) in [5.41, 5.74) is 5.11. The summed E-state index contributed by atoms with van der Waals surface area (Å²) < 4.78 is 31.7. The van der Waals surface area contributed by atoms with Crippen molar-refractivity contribution < 1.29 is 18.1 Å². The molecule has 9 heteroatoms. The van der Waals surface area contributed by atoms with Gasteiger partial charge in [0.1, 0.15) is 0 Å². The average molecular weight is 317 g/mol. The van der Waals surface area contributed by atoms with Gasteiger partial charge in [0.15, 0.2) is 5.75 Å². The summed E-state index contributed by atoms with van der Waals surface area (Å²) in [6, 6.07) is 3.08. The number of nitro benzene ring substituents is 1. The van der Waals surface area contributed by atoms with Crippen molar-refractivity contribution >= 4 is 15.7 Å². The molecule has 0 heterocycles. The Morgan fingerprint density at radius 2 is 2.14 bits per heavy atom. The molecule has 0 amide bonds. The summed E-state index contributed by atoms with van der Waals surface area (Å²) in [4.78, 5) is 10.1. The molecular formula is C12H19N3O5S. The van der Waals surface area contributed by atoms with E-state index in [1.54, 1.807) is 0 Å². The van der Waals surface area contributed by atoms with Gasteiger partial charge < -0.3 is 10.5 Å². The highest BCUT2D eigenvalue weighted by molar-refractivity contribution is 7.89. The van der Waals surface area contributed by atoms with Gasteiger partial charge in [0.25, 0.3) is 0 Å². The smallest absolute Gasteiger partial charge is 0.312 e. The number of nitrogens with zero attached hydrogens (tertiary/aromatic N) is 1. The standard InChI is InChI=1S/C12H19N3O5S/c1-3-4-9(8-13)14-21(18,19)10-5-6-12(20-2)11(7-10)15(16)17/h5-7,9,14H,3-4,8,13H2,1-2H3. The maximum atomic E-state index is 12.2. The van der Waals surface area contributed by atoms with Crippen LogP contribution in [0.25, 0.3) is 0 Å². The number of hydrogen-bond acceptors (Lipinski definition) is 6. The Balaban J connectivity index is 3.14. The van der Waals surface area contributed by atoms with Crippen molar-refractivity contribution in [2.75, 3.05) is 13.7 Å². The lowest BCUT2D eigenvalue weighted by atomic mass is 10.2. The van der Waals surface area contributed by atoms with Crippen LogP contribution in [0.4, 0.5) is 5.69 Å². The molecule has 8 nitrogen and oxygen atoms in total. The first-order valence-electron chi connectivity index (χ1n) is 6.40. The number of nitrogens with two attached hydrogens (primary N) is 1. The van der Waals surface area contributed by atoms with Crippen LogP contribution in [0.2, 0.25) is 0 Å². The molecule has 0 saturated carbocycles. The van der Waals surface area contributed by atoms with Crippen molar-refractivity contribution in [1.82, 2.24) is 4.72 Å². The van der Waals surface area contributed by atoms with Crippen molar-refractivity contribution in [3.63, 3.8) is 0 Å². The number of ether oxygens (including phenoxy) is 1. The lowest BCUT2D eigenvalue weighted by molar-refractivity contribution is -0.386. The second kappa shape index (κ2) is 7.34. The minimum absolute atomic E-state index is 0.00267. The Labute approximate surface area is 123 Å². The van der Waals surface area contributed by atoms with Gasteiger partial charge in [-0.15, -0.1) is 0 Å². The molecule has 3 N–H and O–H groups in total. The van der Waals surface area contributed by atoms with E-state index in [9.17, 15) is 18.5 Å². The summed E-state index contributed by atoms with van der Waals surface area (Å²) in [5.74, 6) is 0.00267. The van der Waals surface area contributed by atoms with E-state index in [-0.39, 0.29) is 17.2 Å². The molecular weight excluding hydrogens is 298 g/mol. The van der Waals surface area contributed by atoms with Crippen molar-refractivity contribution in [1.29, 1.82) is 0 Å². The van der Waals surface area contributed by atoms with Gasteiger partial charge in [0, 0.05) is 18.7 Å². The monoisotopic (exact) mass is 317 g/mol. The lowest BCUT2D eigenvalue weighted by Crippen LogP contribution is -2.40. The highest BCUT2D eigenvalue weighted by Gasteiger charge is 2.23. The first kappa shape index (κ1) is 17.3. The molecule has 1 aromatic carbocycles. The van der Waals surface area contributed by atoms with Crippen LogP contribution < -0.4 is 15.2 Å². The fraction of sp³-hybridized carbons (Fsp3) is 0.500. The van der Waals surface area contributed by atoms with Crippen LogP contribution in [0.15, 0.2) is 23.1 Å². The lowest BCUT2D eigenvalue weighted by Gasteiger charge is -2.16. The molecule has 0 aliphatic rings. The second-order valence-corrected chi connectivity index (χ2v) is 6.15. The van der Waals surface area contributed by atoms with Gasteiger partial charge in [0.2, 0.25) is 10.0 Å². The van der Waals surface area contributed by atoms with Crippen LogP contribution in [0.3, 0.4) is 0 Å². The van der Waals surface area contributed by atoms with Gasteiger partial charge in [-0.2, -0.15) is 0 Å². The minimum atomic E-state index is -3.86. The zero-order valence-corrected chi connectivity index (χ0v) is 12.7. The number of benzene rings is 1. The Kier molecular flexibility index (Phi) is 6.06. The number of nitrogens with one attached hydrogen (secondary N) is 1. The molecule has 0 bridgehead atoms. The predicted octanol–water partition coefficient (Wildman–Crippen LogP) is 1.01. The van der Waals surface area contributed by atoms with Gasteiger partial charge in [-0.05, 0) is 18.6 Å². The summed E-state index contributed by atoms with van der Waals surface area (Å²) in [6.07, 6.45) is 1.36. The van der Waals surface area contributed by atoms with Crippen molar-refractivity contribution in [3.05, 3.63) is 28.3 Å². The van der Waals surface area contributed by atoms with Crippen molar-refractivity contribution in [2.24, 2.45) is 5.73 Å². The fourth-order valence-electron chi connectivity index (χ4n) is 1.84. The van der Waals surface area contributed by atoms with Gasteiger partial charge in [0.05, 0.1) is 16.9 Å². The van der Waals surface area contributed by atoms with Gasteiger partial charge in [-0.1, -0.05) is 13.3 Å². The zero-order chi connectivity index (χ0) is 16.0. The van der Waals surface area contributed by atoms with E-state index in [1.165, 1.54) is 19.2 Å². The van der Waals surface area contributed by atoms with E-state index in [0.29, 0.717) is 6.42 Å². The molecule has 1 atom stereocenters. The molecule has 1 rings (SSSR count). The predicted molar refractivity (Wildman–Crippen MR) is 77.7 cm³/mol. The van der Waals surface area contributed by atoms with E-state index >= 15 is 0 Å². The van der Waals surface area contributed by atoms with Crippen molar-refractivity contribution in [3.8, 4) is 5.75 Å². The van der Waals surface area contributed by atoms with E-state index in [1.807, 2.05) is 6.92 Å². The average Bonchev–Trinajstić information content (AvgIpc) is 2.45. The van der Waals surface area contributed by atoms with Crippen LogP contribution in [-0.2, 0) is 10.0 Å². The second-order valence-electron chi connectivity index (χ2n) is 4.43. The SMILES string of the molecule is CCCC(CN)NS(=O)(=O)c1ccc(OC)c([N+](=O)[O-])c1. The first-order valence-corrected chi connectivity index (χ1v) is 7.88. The molecule has 21 heavy (non-hydrogen) atoms. The molecule has 0 aliphatic carbocycles. The maximum Gasteiger partial charge on any atom is 0.312 e. The molecule has 1 aromatic rings. The van der Waals surface area contributed by atoms with Gasteiger partial charge >= 0.3 is 5.69 Å². The van der Waals surface area contributed by atoms with Crippen LogP contribution in [0.1, 0.15) is 19.8 Å². The molecule has 0 saturated heterocycles. The third-order valence-corrected chi connectivity index (χ3v) is 4.42. The topological polar surface area (TPSA) is 125 Å². The third kappa shape index (κ3) is 4.38. The van der Waals surface area contributed by atoms with Gasteiger partial charge in [-0.3, -0.25) is 10.1 Å². The number of methoxy groups -OCH3 is 1. The Bertz CT molecular complexity index is 603. The normalized spacial score (nSPS) is 12.9. The molecule has 118 valence electrons. The van der Waals surface area contributed by atoms with E-state index in [0.717, 1.165) is 12.5 Å². The summed E-state index contributed by atoms with van der Waals surface area (Å²) in [5, 5.41) is 10.9. The number of rotatable bonds is 8. The minimum Gasteiger partial charge on any atom is -0.490 e. The highest BCUT2D eigenvalue weighted by atomic mass is 32.2. The fourth-order valence-corrected chi connectivity index (χ4v) is 3.14. The molecule has 0 aliphatic heterocycles. The number of nitro groups is 1.